The molecule has 0 aromatic carbocycles. The number of hydrogen-bond acceptors (Lipinski definition) is 2. The molecular formula is C12H14O2S. The molecule has 15 heavy (non-hydrogen) atoms. The number of aryl methyl sites for hydroxylation is 1. The molecule has 0 radical (unpaired) electrons. The van der Waals surface area contributed by atoms with E-state index in [1.165, 1.54) is 42.5 Å². The molecule has 2 aliphatic rings. The Morgan fingerprint density at radius 2 is 2.07 bits per heavy atom. The maximum atomic E-state index is 11.2. The van der Waals surface area contributed by atoms with Gasteiger partial charge in [0.2, 0.25) is 0 Å². The van der Waals surface area contributed by atoms with Gasteiger partial charge in [-0.25, -0.2) is 4.79 Å². The van der Waals surface area contributed by atoms with Gasteiger partial charge in [0.25, 0.3) is 0 Å². The second-order valence-electron chi connectivity index (χ2n) is 4.74. The van der Waals surface area contributed by atoms with E-state index < -0.39 is 5.97 Å². The number of rotatable bonds is 1. The van der Waals surface area contributed by atoms with Crippen molar-refractivity contribution in [3.63, 3.8) is 0 Å². The topological polar surface area (TPSA) is 37.3 Å². The van der Waals surface area contributed by atoms with Crippen LogP contribution in [0.5, 0.6) is 0 Å². The summed E-state index contributed by atoms with van der Waals surface area (Å²) in [6, 6.07) is 0. The van der Waals surface area contributed by atoms with Crippen LogP contribution in [0.3, 0.4) is 0 Å². The summed E-state index contributed by atoms with van der Waals surface area (Å²) in [7, 11) is 0. The van der Waals surface area contributed by atoms with E-state index in [4.69, 9.17) is 0 Å². The number of hydrogen-bond donors (Lipinski definition) is 1. The first-order valence-electron chi connectivity index (χ1n) is 5.57. The van der Waals surface area contributed by atoms with Gasteiger partial charge in [-0.2, -0.15) is 0 Å². The number of carboxylic acids is 1. The summed E-state index contributed by atoms with van der Waals surface area (Å²) in [6.45, 7) is 0. The molecule has 0 bridgehead atoms. The van der Waals surface area contributed by atoms with E-state index in [-0.39, 0.29) is 5.41 Å². The van der Waals surface area contributed by atoms with Crippen molar-refractivity contribution in [2.45, 2.75) is 43.9 Å². The first-order chi connectivity index (χ1) is 7.23. The van der Waals surface area contributed by atoms with Gasteiger partial charge in [0, 0.05) is 10.3 Å². The van der Waals surface area contributed by atoms with Gasteiger partial charge in [0.05, 0.1) is 5.56 Å². The second-order valence-corrected chi connectivity index (χ2v) is 5.70. The van der Waals surface area contributed by atoms with E-state index >= 15 is 0 Å². The molecule has 0 unspecified atom stereocenters. The molecule has 0 saturated heterocycles. The van der Waals surface area contributed by atoms with Crippen LogP contribution in [0.4, 0.5) is 0 Å². The largest absolute Gasteiger partial charge is 0.478 e. The van der Waals surface area contributed by atoms with Crippen molar-refractivity contribution in [1.29, 1.82) is 0 Å². The smallest absolute Gasteiger partial charge is 0.336 e. The third-order valence-corrected chi connectivity index (χ3v) is 5.07. The van der Waals surface area contributed by atoms with Crippen molar-refractivity contribution in [2.75, 3.05) is 0 Å². The van der Waals surface area contributed by atoms with Gasteiger partial charge >= 0.3 is 5.97 Å². The van der Waals surface area contributed by atoms with Gasteiger partial charge in [-0.15, -0.1) is 11.3 Å². The molecule has 1 N–H and O–H groups in total. The molecule has 1 heterocycles. The second kappa shape index (κ2) is 3.08. The van der Waals surface area contributed by atoms with E-state index in [2.05, 4.69) is 0 Å². The predicted molar refractivity (Wildman–Crippen MR) is 59.7 cm³/mol. The summed E-state index contributed by atoms with van der Waals surface area (Å²) < 4.78 is 0. The average Bonchev–Trinajstić information content (AvgIpc) is 2.88. The molecule has 1 saturated carbocycles. The van der Waals surface area contributed by atoms with Crippen LogP contribution in [0.2, 0.25) is 0 Å². The van der Waals surface area contributed by atoms with E-state index in [1.807, 2.05) is 5.38 Å². The maximum absolute atomic E-state index is 11.2. The highest BCUT2D eigenvalue weighted by Crippen LogP contribution is 2.53. The number of aromatic carboxylic acids is 1. The third kappa shape index (κ3) is 1.19. The third-order valence-electron chi connectivity index (χ3n) is 4.02. The highest BCUT2D eigenvalue weighted by Gasteiger charge is 2.44. The Balaban J connectivity index is 2.14. The molecular weight excluding hydrogens is 208 g/mol. The lowest BCUT2D eigenvalue weighted by molar-refractivity contribution is 0.0694. The van der Waals surface area contributed by atoms with Crippen molar-refractivity contribution in [3.05, 3.63) is 21.4 Å². The highest BCUT2D eigenvalue weighted by molar-refractivity contribution is 7.10. The van der Waals surface area contributed by atoms with Crippen LogP contribution in [-0.2, 0) is 11.8 Å². The number of carbonyl (C=O) groups is 1. The van der Waals surface area contributed by atoms with Gasteiger partial charge in [0.15, 0.2) is 0 Å². The Hall–Kier alpha value is -0.830. The average molecular weight is 222 g/mol. The summed E-state index contributed by atoms with van der Waals surface area (Å²) >= 11 is 1.65. The number of thiophene rings is 1. The van der Waals surface area contributed by atoms with Crippen LogP contribution < -0.4 is 0 Å². The van der Waals surface area contributed by atoms with E-state index in [9.17, 15) is 9.90 Å². The quantitative estimate of drug-likeness (QED) is 0.792. The minimum absolute atomic E-state index is 0.253. The van der Waals surface area contributed by atoms with Gasteiger partial charge in [-0.3, -0.25) is 0 Å². The molecule has 0 aliphatic heterocycles. The normalized spacial score (nSPS) is 22.1. The summed E-state index contributed by atoms with van der Waals surface area (Å²) in [5, 5.41) is 11.0. The Morgan fingerprint density at radius 3 is 2.73 bits per heavy atom. The van der Waals surface area contributed by atoms with Gasteiger partial charge in [0.1, 0.15) is 0 Å². The summed E-state index contributed by atoms with van der Waals surface area (Å²) in [4.78, 5) is 12.5. The molecule has 3 rings (SSSR count). The zero-order valence-electron chi connectivity index (χ0n) is 8.58. The lowest BCUT2D eigenvalue weighted by Gasteiger charge is -2.24. The minimum atomic E-state index is -0.735. The SMILES string of the molecule is O=C(O)c1csc2c1C1(CCCC1)CC2. The van der Waals surface area contributed by atoms with Crippen LogP contribution in [0.15, 0.2) is 5.38 Å². The fourth-order valence-electron chi connectivity index (χ4n) is 3.35. The number of carboxylic acid groups (broad SMARTS) is 1. The summed E-state index contributed by atoms with van der Waals surface area (Å²) in [5.41, 5.74) is 2.05. The monoisotopic (exact) mass is 222 g/mol. The Bertz CT molecular complexity index is 413. The van der Waals surface area contributed by atoms with Crippen molar-refractivity contribution >= 4 is 17.3 Å². The van der Waals surface area contributed by atoms with E-state index in [0.717, 1.165) is 6.42 Å². The van der Waals surface area contributed by atoms with E-state index in [1.54, 1.807) is 11.3 Å². The fourth-order valence-corrected chi connectivity index (χ4v) is 4.49. The lowest BCUT2D eigenvalue weighted by Crippen LogP contribution is -2.20. The van der Waals surface area contributed by atoms with Crippen LogP contribution in [-0.4, -0.2) is 11.1 Å². The molecule has 80 valence electrons. The Kier molecular flexibility index (Phi) is 1.93. The van der Waals surface area contributed by atoms with E-state index in [0.29, 0.717) is 5.56 Å². The molecule has 1 fully saturated rings. The van der Waals surface area contributed by atoms with Gasteiger partial charge < -0.3 is 5.11 Å². The van der Waals surface area contributed by atoms with Crippen molar-refractivity contribution < 1.29 is 9.90 Å². The van der Waals surface area contributed by atoms with Crippen LogP contribution in [0.25, 0.3) is 0 Å². The maximum Gasteiger partial charge on any atom is 0.336 e. The highest BCUT2D eigenvalue weighted by atomic mass is 32.1. The Morgan fingerprint density at radius 1 is 1.33 bits per heavy atom. The molecule has 2 aliphatic carbocycles. The van der Waals surface area contributed by atoms with Crippen molar-refractivity contribution in [2.24, 2.45) is 0 Å². The lowest BCUT2D eigenvalue weighted by atomic mass is 9.79. The predicted octanol–water partition coefficient (Wildman–Crippen LogP) is 3.20. The first kappa shape index (κ1) is 9.40. The zero-order chi connectivity index (χ0) is 10.5. The molecule has 2 nitrogen and oxygen atoms in total. The molecule has 1 aromatic heterocycles. The molecule has 3 heteroatoms. The standard InChI is InChI=1S/C12H14O2S/c13-11(14)8-7-15-9-3-6-12(10(8)9)4-1-2-5-12/h7H,1-6H2,(H,13,14). The number of fused-ring (bicyclic) bond motifs is 2. The van der Waals surface area contributed by atoms with Crippen molar-refractivity contribution in [3.8, 4) is 0 Å². The van der Waals surface area contributed by atoms with Gasteiger partial charge in [-0.05, 0) is 36.7 Å². The van der Waals surface area contributed by atoms with Crippen LogP contribution in [0, 0.1) is 0 Å². The Labute approximate surface area is 92.9 Å². The molecule has 0 atom stereocenters. The zero-order valence-corrected chi connectivity index (χ0v) is 9.40. The molecule has 1 spiro atoms. The molecule has 1 aromatic rings. The summed E-state index contributed by atoms with van der Waals surface area (Å²) in [5.74, 6) is -0.735. The minimum Gasteiger partial charge on any atom is -0.478 e. The van der Waals surface area contributed by atoms with Crippen LogP contribution in [0.1, 0.15) is 52.9 Å². The van der Waals surface area contributed by atoms with Crippen LogP contribution >= 0.6 is 11.3 Å². The first-order valence-corrected chi connectivity index (χ1v) is 6.45. The van der Waals surface area contributed by atoms with Gasteiger partial charge in [-0.1, -0.05) is 12.8 Å². The molecule has 0 amide bonds. The summed E-state index contributed by atoms with van der Waals surface area (Å²) in [6.07, 6.45) is 7.25. The van der Waals surface area contributed by atoms with Crippen molar-refractivity contribution in [1.82, 2.24) is 0 Å². The fraction of sp³-hybridized carbons (Fsp3) is 0.583.